The van der Waals surface area contributed by atoms with Crippen LogP contribution in [0.1, 0.15) is 23.0 Å². The van der Waals surface area contributed by atoms with Crippen molar-refractivity contribution in [2.45, 2.75) is 11.8 Å². The number of rotatable bonds is 5. The van der Waals surface area contributed by atoms with Crippen molar-refractivity contribution in [1.82, 2.24) is 0 Å². The number of ether oxygens (including phenoxy) is 1. The van der Waals surface area contributed by atoms with E-state index in [1.54, 1.807) is 6.07 Å². The second kappa shape index (κ2) is 8.31. The maximum Gasteiger partial charge on any atom is 0.315 e. The van der Waals surface area contributed by atoms with E-state index in [2.05, 4.69) is 0 Å². The van der Waals surface area contributed by atoms with Gasteiger partial charge in [0.15, 0.2) is 0 Å². The summed E-state index contributed by atoms with van der Waals surface area (Å²) in [6, 6.07) is 32.2. The largest absolute Gasteiger partial charge is 0.481 e. The lowest BCUT2D eigenvalue weighted by Gasteiger charge is -2.49. The van der Waals surface area contributed by atoms with E-state index in [1.807, 2.05) is 97.1 Å². The van der Waals surface area contributed by atoms with Gasteiger partial charge in [-0.25, -0.2) is 0 Å². The van der Waals surface area contributed by atoms with Crippen LogP contribution in [-0.2, 0) is 9.59 Å². The normalized spacial score (nSPS) is 22.1. The van der Waals surface area contributed by atoms with E-state index >= 15 is 0 Å². The predicted molar refractivity (Wildman–Crippen MR) is 123 cm³/mol. The van der Waals surface area contributed by atoms with Crippen LogP contribution in [0.15, 0.2) is 103 Å². The molecule has 1 fully saturated rings. The quantitative estimate of drug-likeness (QED) is 0.334. The number of carbonyl (C=O) groups is 2. The smallest absolute Gasteiger partial charge is 0.315 e. The first-order valence-corrected chi connectivity index (χ1v) is 10.7. The predicted octanol–water partition coefficient (Wildman–Crippen LogP) is 5.64. The van der Waals surface area contributed by atoms with Gasteiger partial charge in [0, 0.05) is 17.2 Å². The maximum atomic E-state index is 13.6. The van der Waals surface area contributed by atoms with E-state index in [9.17, 15) is 14.7 Å². The fourth-order valence-electron chi connectivity index (χ4n) is 4.99. The molecule has 5 rings (SSSR count). The van der Waals surface area contributed by atoms with Gasteiger partial charge in [0.2, 0.25) is 0 Å². The average molecular weight is 422 g/mol. The molecule has 3 unspecified atom stereocenters. The number of aliphatic carboxylic acids is 1. The first-order chi connectivity index (χ1) is 15.6. The van der Waals surface area contributed by atoms with Gasteiger partial charge in [-0.2, -0.15) is 0 Å². The van der Waals surface area contributed by atoms with Crippen molar-refractivity contribution in [2.24, 2.45) is 11.8 Å². The molecule has 0 aromatic heterocycles. The topological polar surface area (TPSA) is 63.6 Å². The number of carboxylic acids is 1. The zero-order chi connectivity index (χ0) is 22.1. The molecule has 0 bridgehead atoms. The number of carboxylic acid groups (broad SMARTS) is 1. The molecule has 1 saturated carbocycles. The second-order valence-corrected chi connectivity index (χ2v) is 8.16. The van der Waals surface area contributed by atoms with Gasteiger partial charge in [-0.1, -0.05) is 97.1 Å². The van der Waals surface area contributed by atoms with Crippen molar-refractivity contribution >= 4 is 22.7 Å². The van der Waals surface area contributed by atoms with Gasteiger partial charge >= 0.3 is 11.9 Å². The summed E-state index contributed by atoms with van der Waals surface area (Å²) in [6.45, 7) is 0. The molecule has 0 saturated heterocycles. The number of hydrogen-bond acceptors (Lipinski definition) is 3. The van der Waals surface area contributed by atoms with Crippen molar-refractivity contribution in [3.05, 3.63) is 114 Å². The van der Waals surface area contributed by atoms with Crippen molar-refractivity contribution in [3.63, 3.8) is 0 Å². The van der Waals surface area contributed by atoms with Crippen LogP contribution >= 0.6 is 0 Å². The Balaban J connectivity index is 1.55. The minimum absolute atomic E-state index is 0.401. The van der Waals surface area contributed by atoms with Gasteiger partial charge in [-0.15, -0.1) is 0 Å². The third kappa shape index (κ3) is 3.44. The minimum atomic E-state index is -0.901. The molecule has 4 aromatic carbocycles. The summed E-state index contributed by atoms with van der Waals surface area (Å²) in [5, 5.41) is 11.9. The highest BCUT2D eigenvalue weighted by molar-refractivity contribution is 5.92. The SMILES string of the molecule is O=C(O)C1C(c2ccccc2)C(C(=O)Oc2cccc3ccccc23)[C@H]1c1ccccc1. The van der Waals surface area contributed by atoms with E-state index in [1.165, 1.54) is 0 Å². The summed E-state index contributed by atoms with van der Waals surface area (Å²) >= 11 is 0. The zero-order valence-electron chi connectivity index (χ0n) is 17.3. The Hall–Kier alpha value is -3.92. The van der Waals surface area contributed by atoms with Gasteiger partial charge in [0.25, 0.3) is 0 Å². The molecule has 0 radical (unpaired) electrons. The number of hydrogen-bond donors (Lipinski definition) is 1. The third-order valence-corrected chi connectivity index (χ3v) is 6.43. The number of benzene rings is 4. The summed E-state index contributed by atoms with van der Waals surface area (Å²) in [4.78, 5) is 25.9. The van der Waals surface area contributed by atoms with E-state index in [0.717, 1.165) is 21.9 Å². The van der Waals surface area contributed by atoms with Gasteiger partial charge in [-0.05, 0) is 22.6 Å². The van der Waals surface area contributed by atoms with Crippen LogP contribution < -0.4 is 4.74 Å². The summed E-state index contributed by atoms with van der Waals surface area (Å²) in [7, 11) is 0. The van der Waals surface area contributed by atoms with Gasteiger partial charge in [0.1, 0.15) is 5.75 Å². The second-order valence-electron chi connectivity index (χ2n) is 8.16. The fourth-order valence-corrected chi connectivity index (χ4v) is 4.99. The van der Waals surface area contributed by atoms with Crippen LogP contribution in [-0.4, -0.2) is 17.0 Å². The maximum absolute atomic E-state index is 13.6. The lowest BCUT2D eigenvalue weighted by atomic mass is 9.52. The fraction of sp³-hybridized carbons (Fsp3) is 0.143. The Labute approximate surface area is 186 Å². The molecule has 4 heteroatoms. The Morgan fingerprint density at radius 1 is 0.625 bits per heavy atom. The lowest BCUT2D eigenvalue weighted by Crippen LogP contribution is -2.52. The summed E-state index contributed by atoms with van der Waals surface area (Å²) in [5.74, 6) is -3.03. The first kappa shape index (κ1) is 20.0. The summed E-state index contributed by atoms with van der Waals surface area (Å²) in [6.07, 6.45) is 0. The highest BCUT2D eigenvalue weighted by Gasteiger charge is 2.59. The minimum Gasteiger partial charge on any atom is -0.481 e. The van der Waals surface area contributed by atoms with Crippen molar-refractivity contribution < 1.29 is 19.4 Å². The Kier molecular flexibility index (Phi) is 5.20. The molecule has 0 amide bonds. The Morgan fingerprint density at radius 2 is 1.16 bits per heavy atom. The molecule has 0 heterocycles. The lowest BCUT2D eigenvalue weighted by molar-refractivity contribution is -0.158. The van der Waals surface area contributed by atoms with E-state index in [4.69, 9.17) is 4.74 Å². The highest BCUT2D eigenvalue weighted by atomic mass is 16.5. The van der Waals surface area contributed by atoms with Crippen LogP contribution in [0.3, 0.4) is 0 Å². The van der Waals surface area contributed by atoms with Crippen LogP contribution in [0.2, 0.25) is 0 Å². The molecule has 158 valence electrons. The number of esters is 1. The number of carbonyl (C=O) groups excluding carboxylic acids is 1. The van der Waals surface area contributed by atoms with Crippen molar-refractivity contribution in [3.8, 4) is 5.75 Å². The molecule has 4 nitrogen and oxygen atoms in total. The standard InChI is InChI=1S/C28H22O4/c29-27(30)25-23(19-11-3-1-4-12-19)26(24(25)20-13-5-2-6-14-20)28(31)32-22-17-9-15-18-10-7-8-16-21(18)22/h1-17,23-26H,(H,29,30)/t23-,24?,25?,26?/m0/s1. The molecular formula is C28H22O4. The molecular weight excluding hydrogens is 400 g/mol. The monoisotopic (exact) mass is 422 g/mol. The van der Waals surface area contributed by atoms with E-state index < -0.39 is 35.6 Å². The van der Waals surface area contributed by atoms with Crippen LogP contribution in [0.5, 0.6) is 5.75 Å². The highest BCUT2D eigenvalue weighted by Crippen LogP contribution is 2.58. The third-order valence-electron chi connectivity index (χ3n) is 6.43. The first-order valence-electron chi connectivity index (χ1n) is 10.7. The Bertz CT molecular complexity index is 1210. The molecule has 1 N–H and O–H groups in total. The molecule has 4 aromatic rings. The molecule has 0 spiro atoms. The molecule has 4 atom stereocenters. The number of fused-ring (bicyclic) bond motifs is 1. The Morgan fingerprint density at radius 3 is 1.75 bits per heavy atom. The zero-order valence-corrected chi connectivity index (χ0v) is 17.3. The molecule has 1 aliphatic carbocycles. The van der Waals surface area contributed by atoms with Crippen molar-refractivity contribution in [2.75, 3.05) is 0 Å². The van der Waals surface area contributed by atoms with Crippen LogP contribution in [0.25, 0.3) is 10.8 Å². The van der Waals surface area contributed by atoms with E-state index in [0.29, 0.717) is 5.75 Å². The van der Waals surface area contributed by atoms with Crippen LogP contribution in [0, 0.1) is 11.8 Å². The summed E-state index contributed by atoms with van der Waals surface area (Å²) in [5.41, 5.74) is 1.68. The molecule has 1 aliphatic rings. The molecule has 0 aliphatic heterocycles. The summed E-state index contributed by atoms with van der Waals surface area (Å²) < 4.78 is 5.93. The van der Waals surface area contributed by atoms with Crippen molar-refractivity contribution in [1.29, 1.82) is 0 Å². The van der Waals surface area contributed by atoms with Crippen LogP contribution in [0.4, 0.5) is 0 Å². The van der Waals surface area contributed by atoms with Gasteiger partial charge in [0.05, 0.1) is 11.8 Å². The van der Waals surface area contributed by atoms with Gasteiger partial charge < -0.3 is 9.84 Å². The van der Waals surface area contributed by atoms with Gasteiger partial charge in [-0.3, -0.25) is 9.59 Å². The average Bonchev–Trinajstić information content (AvgIpc) is 2.80. The molecule has 32 heavy (non-hydrogen) atoms. The van der Waals surface area contributed by atoms with E-state index in [-0.39, 0.29) is 0 Å².